The summed E-state index contributed by atoms with van der Waals surface area (Å²) in [6.07, 6.45) is 69.1. The van der Waals surface area contributed by atoms with Gasteiger partial charge >= 0.3 is 0 Å². The smallest absolute Gasteiger partial charge is 0.220 e. The van der Waals surface area contributed by atoms with Crippen molar-refractivity contribution in [2.75, 3.05) is 19.8 Å². The molecule has 2 saturated heterocycles. The molecule has 1 amide bonds. The molecule has 0 aliphatic carbocycles. The van der Waals surface area contributed by atoms with Crippen molar-refractivity contribution in [3.8, 4) is 0 Å². The maximum Gasteiger partial charge on any atom is 0.220 e. The van der Waals surface area contributed by atoms with Gasteiger partial charge in [0.05, 0.1) is 32.0 Å². The zero-order valence-corrected chi connectivity index (χ0v) is 60.5. The first kappa shape index (κ1) is 88.0. The highest BCUT2D eigenvalue weighted by Gasteiger charge is 2.51. The van der Waals surface area contributed by atoms with Gasteiger partial charge in [0.15, 0.2) is 12.6 Å². The third-order valence-corrected chi connectivity index (χ3v) is 19.5. The fourth-order valence-corrected chi connectivity index (χ4v) is 13.2. The summed E-state index contributed by atoms with van der Waals surface area (Å²) in [5.74, 6) is -0.243. The van der Waals surface area contributed by atoms with E-state index in [1.165, 1.54) is 289 Å². The van der Waals surface area contributed by atoms with Gasteiger partial charge in [0.2, 0.25) is 5.91 Å². The van der Waals surface area contributed by atoms with Crippen LogP contribution in [-0.4, -0.2) is 140 Å². The molecule has 2 rings (SSSR count). The fourth-order valence-electron chi connectivity index (χ4n) is 13.2. The fraction of sp³-hybridized carbons (Fsp3) is 0.887. The second kappa shape index (κ2) is 64.3. The molecule has 0 saturated carbocycles. The predicted octanol–water partition coefficient (Wildman–Crippen LogP) is 17.8. The third kappa shape index (κ3) is 47.1. The molecular formula is C80H149NO13. The van der Waals surface area contributed by atoms with Gasteiger partial charge in [0.25, 0.3) is 0 Å². The van der Waals surface area contributed by atoms with Gasteiger partial charge in [0, 0.05) is 6.42 Å². The lowest BCUT2D eigenvalue weighted by Gasteiger charge is -2.46. The highest BCUT2D eigenvalue weighted by atomic mass is 16.7. The predicted molar refractivity (Wildman–Crippen MR) is 388 cm³/mol. The number of allylic oxidation sites excluding steroid dienone is 7. The maximum absolute atomic E-state index is 13.4. The molecule has 0 spiro atoms. The Morgan fingerprint density at radius 2 is 0.713 bits per heavy atom. The minimum Gasteiger partial charge on any atom is -0.394 e. The number of amides is 1. The Labute approximate surface area is 575 Å². The van der Waals surface area contributed by atoms with Crippen molar-refractivity contribution in [3.05, 3.63) is 48.6 Å². The summed E-state index contributed by atoms with van der Waals surface area (Å²) in [6.45, 7) is 2.83. The molecule has 14 nitrogen and oxygen atoms in total. The van der Waals surface area contributed by atoms with Crippen molar-refractivity contribution >= 4 is 5.91 Å². The van der Waals surface area contributed by atoms with Crippen molar-refractivity contribution in [1.82, 2.24) is 5.32 Å². The zero-order valence-electron chi connectivity index (χ0n) is 60.5. The number of aliphatic hydroxyl groups excluding tert-OH is 8. The van der Waals surface area contributed by atoms with Crippen LogP contribution >= 0.6 is 0 Å². The Morgan fingerprint density at radius 3 is 1.11 bits per heavy atom. The zero-order chi connectivity index (χ0) is 68.0. The van der Waals surface area contributed by atoms with Gasteiger partial charge in [0.1, 0.15) is 48.8 Å². The number of carbonyl (C=O) groups excluding carboxylic acids is 1. The quantitative estimate of drug-likeness (QED) is 0.0204. The first-order valence-corrected chi connectivity index (χ1v) is 39.9. The lowest BCUT2D eigenvalue weighted by Crippen LogP contribution is -2.65. The van der Waals surface area contributed by atoms with Crippen LogP contribution < -0.4 is 5.32 Å². The van der Waals surface area contributed by atoms with E-state index in [2.05, 4.69) is 55.6 Å². The van der Waals surface area contributed by atoms with Crippen molar-refractivity contribution in [2.45, 2.75) is 434 Å². The van der Waals surface area contributed by atoms with E-state index < -0.39 is 86.8 Å². The highest BCUT2D eigenvalue weighted by molar-refractivity contribution is 5.76. The van der Waals surface area contributed by atoms with Crippen LogP contribution in [0.4, 0.5) is 0 Å². The van der Waals surface area contributed by atoms with E-state index in [1.54, 1.807) is 6.08 Å². The van der Waals surface area contributed by atoms with E-state index >= 15 is 0 Å². The molecule has 12 unspecified atom stereocenters. The van der Waals surface area contributed by atoms with E-state index in [9.17, 15) is 45.6 Å². The molecule has 0 bridgehead atoms. The van der Waals surface area contributed by atoms with Gasteiger partial charge in [-0.25, -0.2) is 0 Å². The molecule has 12 atom stereocenters. The first-order chi connectivity index (χ1) is 46.1. The van der Waals surface area contributed by atoms with E-state index in [-0.39, 0.29) is 18.9 Å². The SMILES string of the molecule is CCCCCCC/C=C\C/C=C\CCCCCCCCCCCCCCCCCCCC(=O)NC(COC1OC(CO)C(OC2OC(CO)C(O)C(O)C2O)C(O)C1O)C(O)/C=C/CC/C=C/CCCCCCCCCCCCCCCCCCCCCCCCCCC. The molecule has 2 aliphatic rings. The lowest BCUT2D eigenvalue weighted by atomic mass is 9.97. The molecule has 2 fully saturated rings. The normalized spacial score (nSPS) is 22.7. The van der Waals surface area contributed by atoms with Crippen molar-refractivity contribution in [3.63, 3.8) is 0 Å². The molecule has 0 aromatic carbocycles. The summed E-state index contributed by atoms with van der Waals surface area (Å²) in [5.41, 5.74) is 0. The Balaban J connectivity index is 1.64. The van der Waals surface area contributed by atoms with Gasteiger partial charge in [-0.3, -0.25) is 4.79 Å². The van der Waals surface area contributed by atoms with E-state index in [1.807, 2.05) is 6.08 Å². The van der Waals surface area contributed by atoms with Crippen molar-refractivity contribution < 1.29 is 64.6 Å². The number of carbonyl (C=O) groups is 1. The molecule has 14 heteroatoms. The van der Waals surface area contributed by atoms with Gasteiger partial charge < -0.3 is 65.1 Å². The topological polar surface area (TPSA) is 228 Å². The summed E-state index contributed by atoms with van der Waals surface area (Å²) in [6, 6.07) is -0.934. The summed E-state index contributed by atoms with van der Waals surface area (Å²) >= 11 is 0. The average Bonchev–Trinajstić information content (AvgIpc) is 0.794. The minimum atomic E-state index is -1.79. The number of ether oxygens (including phenoxy) is 4. The summed E-state index contributed by atoms with van der Waals surface area (Å²) in [4.78, 5) is 13.4. The Hall–Kier alpha value is -2.05. The first-order valence-electron chi connectivity index (χ1n) is 39.9. The summed E-state index contributed by atoms with van der Waals surface area (Å²) in [5, 5.41) is 87.6. The Bertz CT molecular complexity index is 1760. The number of hydrogen-bond donors (Lipinski definition) is 9. The van der Waals surface area contributed by atoms with E-state index in [0.29, 0.717) is 12.8 Å². The van der Waals surface area contributed by atoms with E-state index in [4.69, 9.17) is 18.9 Å². The number of aliphatic hydroxyl groups is 8. The van der Waals surface area contributed by atoms with Crippen LogP contribution in [0.1, 0.15) is 361 Å². The molecule has 0 aromatic rings. The number of rotatable bonds is 67. The van der Waals surface area contributed by atoms with Crippen molar-refractivity contribution in [1.29, 1.82) is 0 Å². The third-order valence-electron chi connectivity index (χ3n) is 19.5. The second-order valence-electron chi connectivity index (χ2n) is 28.2. The Morgan fingerprint density at radius 1 is 0.383 bits per heavy atom. The van der Waals surface area contributed by atoms with Gasteiger partial charge in [-0.05, 0) is 64.2 Å². The van der Waals surface area contributed by atoms with Crippen LogP contribution in [0.25, 0.3) is 0 Å². The summed E-state index contributed by atoms with van der Waals surface area (Å²) < 4.78 is 22.9. The maximum atomic E-state index is 13.4. The van der Waals surface area contributed by atoms with Gasteiger partial charge in [-0.1, -0.05) is 339 Å². The highest BCUT2D eigenvalue weighted by Crippen LogP contribution is 2.30. The molecule has 2 heterocycles. The second-order valence-corrected chi connectivity index (χ2v) is 28.2. The molecule has 9 N–H and O–H groups in total. The van der Waals surface area contributed by atoms with Crippen LogP contribution in [0.2, 0.25) is 0 Å². The van der Waals surface area contributed by atoms with Crippen LogP contribution in [0, 0.1) is 0 Å². The number of unbranched alkanes of at least 4 members (excludes halogenated alkanes) is 48. The molecular weight excluding hydrogens is 1180 g/mol. The minimum absolute atomic E-state index is 0.243. The monoisotopic (exact) mass is 1330 g/mol. The van der Waals surface area contributed by atoms with Crippen LogP contribution in [0.3, 0.4) is 0 Å². The number of hydrogen-bond acceptors (Lipinski definition) is 13. The standard InChI is InChI=1S/C80H149NO13/c1-3-5-7-9-11-13-15-17-19-21-23-25-27-29-31-33-34-36-37-39-41-43-45-47-49-51-53-55-57-59-61-63-69(84)68(67-91-79-77(90)75(88)78(71(66-83)93-79)94-80-76(89)74(87)73(86)70(65-82)92-80)81-72(85)64-62-60-58-56-54-52-50-48-46-44-42-40-38-35-32-30-28-26-24-22-20-18-16-14-12-10-8-6-4-2/h16,18,22,24,53,55,61,63,68-71,73-80,82-84,86-90H,3-15,17,19-21,23,25-52,54,56-60,62,64-67H2,1-2H3,(H,81,85)/b18-16-,24-22-,55-53+,63-61+. The largest absolute Gasteiger partial charge is 0.394 e. The molecule has 94 heavy (non-hydrogen) atoms. The number of nitrogens with one attached hydrogen (secondary N) is 1. The average molecular weight is 1330 g/mol. The molecule has 0 radical (unpaired) electrons. The molecule has 0 aromatic heterocycles. The molecule has 2 aliphatic heterocycles. The Kier molecular flexibility index (Phi) is 60.3. The van der Waals surface area contributed by atoms with Crippen molar-refractivity contribution in [2.24, 2.45) is 0 Å². The van der Waals surface area contributed by atoms with Crippen LogP contribution in [-0.2, 0) is 23.7 Å². The lowest BCUT2D eigenvalue weighted by molar-refractivity contribution is -0.359. The van der Waals surface area contributed by atoms with E-state index in [0.717, 1.165) is 38.5 Å². The van der Waals surface area contributed by atoms with Gasteiger partial charge in [-0.15, -0.1) is 0 Å². The van der Waals surface area contributed by atoms with Crippen LogP contribution in [0.5, 0.6) is 0 Å². The molecule has 552 valence electrons. The summed E-state index contributed by atoms with van der Waals surface area (Å²) in [7, 11) is 0. The van der Waals surface area contributed by atoms with Gasteiger partial charge in [-0.2, -0.15) is 0 Å². The van der Waals surface area contributed by atoms with Crippen LogP contribution in [0.15, 0.2) is 48.6 Å².